The summed E-state index contributed by atoms with van der Waals surface area (Å²) in [4.78, 5) is 0. The molecule has 0 aromatic carbocycles. The molecule has 14 heavy (non-hydrogen) atoms. The molecule has 84 valence electrons. The fraction of sp³-hybridized carbons (Fsp3) is 0.818. The predicted octanol–water partition coefficient (Wildman–Crippen LogP) is 3.42. The van der Waals surface area contributed by atoms with Crippen LogP contribution < -0.4 is 0 Å². The third-order valence-corrected chi connectivity index (χ3v) is 5.53. The summed E-state index contributed by atoms with van der Waals surface area (Å²) < 4.78 is 11.8. The van der Waals surface area contributed by atoms with E-state index in [1.165, 1.54) is 0 Å². The van der Waals surface area contributed by atoms with Crippen LogP contribution in [0.25, 0.3) is 0 Å². The van der Waals surface area contributed by atoms with Crippen LogP contribution in [-0.2, 0) is 8.85 Å². The van der Waals surface area contributed by atoms with E-state index in [1.807, 2.05) is 13.8 Å². The number of hydrogen-bond donors (Lipinski definition) is 0. The van der Waals surface area contributed by atoms with Crippen molar-refractivity contribution < 1.29 is 8.85 Å². The van der Waals surface area contributed by atoms with Gasteiger partial charge in [0.25, 0.3) is 0 Å². The number of hydrogen-bond acceptors (Lipinski definition) is 2. The molecule has 0 fully saturated rings. The molecule has 0 aromatic heterocycles. The first-order valence-electron chi connectivity index (χ1n) is 5.55. The first kappa shape index (κ1) is 13.9. The van der Waals surface area contributed by atoms with Crippen LogP contribution in [0.4, 0.5) is 0 Å². The van der Waals surface area contributed by atoms with E-state index in [9.17, 15) is 0 Å². The molecular weight excluding hydrogens is 192 g/mol. The highest BCUT2D eigenvalue weighted by Gasteiger charge is 2.34. The van der Waals surface area contributed by atoms with Crippen LogP contribution in [0, 0.1) is 0 Å². The summed E-state index contributed by atoms with van der Waals surface area (Å²) in [5.74, 6) is 0. The van der Waals surface area contributed by atoms with Crippen molar-refractivity contribution in [2.75, 3.05) is 6.61 Å². The molecular formula is C11H24O2Si. The van der Waals surface area contributed by atoms with E-state index in [-0.39, 0.29) is 6.10 Å². The molecule has 0 radical (unpaired) electrons. The summed E-state index contributed by atoms with van der Waals surface area (Å²) in [5.41, 5.74) is 2.15. The predicted molar refractivity (Wildman–Crippen MR) is 63.5 cm³/mol. The van der Waals surface area contributed by atoms with Crippen LogP contribution in [0.3, 0.4) is 0 Å². The Morgan fingerprint density at radius 1 is 1.29 bits per heavy atom. The largest absolute Gasteiger partial charge is 0.392 e. The number of rotatable bonds is 7. The first-order valence-corrected chi connectivity index (χ1v) is 7.66. The Kier molecular flexibility index (Phi) is 7.14. The maximum absolute atomic E-state index is 5.99. The first-order chi connectivity index (χ1) is 6.60. The Bertz CT molecular complexity index is 161. The van der Waals surface area contributed by atoms with E-state index in [1.54, 1.807) is 0 Å². The third-order valence-electron chi connectivity index (χ3n) is 1.84. The van der Waals surface area contributed by atoms with Crippen LogP contribution in [-0.4, -0.2) is 21.3 Å². The summed E-state index contributed by atoms with van der Waals surface area (Å²) in [6, 6.07) is 1.04. The molecule has 1 unspecified atom stereocenters. The molecule has 0 aromatic rings. The van der Waals surface area contributed by atoms with Crippen LogP contribution in [0.5, 0.6) is 0 Å². The SMILES string of the molecule is CC=C[Si](CCC)(OCC)OC(C)C. The maximum Gasteiger partial charge on any atom is 0.364 e. The van der Waals surface area contributed by atoms with Gasteiger partial charge >= 0.3 is 8.56 Å². The van der Waals surface area contributed by atoms with Crippen molar-refractivity contribution in [2.45, 2.75) is 53.2 Å². The van der Waals surface area contributed by atoms with Crippen LogP contribution in [0.2, 0.25) is 6.04 Å². The molecule has 2 nitrogen and oxygen atoms in total. The molecule has 0 N–H and O–H groups in total. The lowest BCUT2D eigenvalue weighted by molar-refractivity contribution is 0.146. The highest BCUT2D eigenvalue weighted by Crippen LogP contribution is 2.19. The summed E-state index contributed by atoms with van der Waals surface area (Å²) in [5, 5.41) is 0. The Balaban J connectivity index is 4.54. The van der Waals surface area contributed by atoms with Crippen molar-refractivity contribution in [3.63, 3.8) is 0 Å². The molecule has 0 saturated carbocycles. The van der Waals surface area contributed by atoms with E-state index in [4.69, 9.17) is 8.85 Å². The Morgan fingerprint density at radius 3 is 2.29 bits per heavy atom. The average molecular weight is 216 g/mol. The van der Waals surface area contributed by atoms with Crippen molar-refractivity contribution in [1.29, 1.82) is 0 Å². The summed E-state index contributed by atoms with van der Waals surface area (Å²) in [7, 11) is -2.04. The monoisotopic (exact) mass is 216 g/mol. The van der Waals surface area contributed by atoms with Crippen molar-refractivity contribution in [3.8, 4) is 0 Å². The normalized spacial score (nSPS) is 16.4. The van der Waals surface area contributed by atoms with E-state index in [0.29, 0.717) is 0 Å². The van der Waals surface area contributed by atoms with Crippen molar-refractivity contribution in [1.82, 2.24) is 0 Å². The molecule has 0 saturated heterocycles. The molecule has 0 heterocycles. The fourth-order valence-corrected chi connectivity index (χ4v) is 4.74. The van der Waals surface area contributed by atoms with Crippen LogP contribution in [0.15, 0.2) is 11.8 Å². The maximum atomic E-state index is 5.99. The Labute approximate surface area is 89.6 Å². The standard InChI is InChI=1S/C11H24O2Si/c1-6-9-14(10-7-2,12-8-3)13-11(4)5/h6,9,11H,7-8,10H2,1-5H3. The molecule has 0 amide bonds. The van der Waals surface area contributed by atoms with Gasteiger partial charge in [0.05, 0.1) is 0 Å². The molecule has 0 aliphatic rings. The highest BCUT2D eigenvalue weighted by molar-refractivity contribution is 6.72. The van der Waals surface area contributed by atoms with Crippen LogP contribution >= 0.6 is 0 Å². The van der Waals surface area contributed by atoms with Gasteiger partial charge in [-0.05, 0) is 39.4 Å². The molecule has 3 heteroatoms. The second kappa shape index (κ2) is 7.21. The topological polar surface area (TPSA) is 18.5 Å². The van der Waals surface area contributed by atoms with Gasteiger partial charge in [0.2, 0.25) is 0 Å². The van der Waals surface area contributed by atoms with Gasteiger partial charge in [-0.1, -0.05) is 19.4 Å². The summed E-state index contributed by atoms with van der Waals surface area (Å²) in [6.45, 7) is 11.1. The lowest BCUT2D eigenvalue weighted by Crippen LogP contribution is -2.42. The van der Waals surface area contributed by atoms with Gasteiger partial charge in [-0.3, -0.25) is 0 Å². The molecule has 0 rings (SSSR count). The Morgan fingerprint density at radius 2 is 1.93 bits per heavy atom. The highest BCUT2D eigenvalue weighted by atomic mass is 28.4. The Hall–Kier alpha value is -0.123. The quantitative estimate of drug-likeness (QED) is 0.607. The van der Waals surface area contributed by atoms with Crippen LogP contribution in [0.1, 0.15) is 41.0 Å². The zero-order valence-corrected chi connectivity index (χ0v) is 11.2. The van der Waals surface area contributed by atoms with Gasteiger partial charge < -0.3 is 8.85 Å². The minimum absolute atomic E-state index is 0.246. The van der Waals surface area contributed by atoms with Gasteiger partial charge in [0.1, 0.15) is 0 Å². The van der Waals surface area contributed by atoms with Gasteiger partial charge in [-0.15, -0.1) is 0 Å². The van der Waals surface area contributed by atoms with Gasteiger partial charge in [0.15, 0.2) is 0 Å². The molecule has 0 aliphatic heterocycles. The zero-order valence-electron chi connectivity index (χ0n) is 10.2. The lowest BCUT2D eigenvalue weighted by Gasteiger charge is -2.29. The summed E-state index contributed by atoms with van der Waals surface area (Å²) in [6.07, 6.45) is 3.42. The third kappa shape index (κ3) is 4.93. The number of allylic oxidation sites excluding steroid dienone is 1. The minimum atomic E-state index is -2.04. The smallest absolute Gasteiger partial charge is 0.364 e. The second-order valence-electron chi connectivity index (χ2n) is 3.66. The summed E-state index contributed by atoms with van der Waals surface area (Å²) >= 11 is 0. The van der Waals surface area contributed by atoms with E-state index >= 15 is 0 Å². The minimum Gasteiger partial charge on any atom is -0.392 e. The van der Waals surface area contributed by atoms with Crippen molar-refractivity contribution in [3.05, 3.63) is 11.8 Å². The second-order valence-corrected chi connectivity index (χ2v) is 6.64. The van der Waals surface area contributed by atoms with E-state index < -0.39 is 8.56 Å². The molecule has 0 spiro atoms. The van der Waals surface area contributed by atoms with E-state index in [0.717, 1.165) is 19.1 Å². The van der Waals surface area contributed by atoms with Gasteiger partial charge in [-0.2, -0.15) is 0 Å². The van der Waals surface area contributed by atoms with Crippen molar-refractivity contribution in [2.24, 2.45) is 0 Å². The van der Waals surface area contributed by atoms with Crippen molar-refractivity contribution >= 4 is 8.56 Å². The van der Waals surface area contributed by atoms with Gasteiger partial charge in [0, 0.05) is 12.7 Å². The molecule has 0 aliphatic carbocycles. The molecule has 0 bridgehead atoms. The lowest BCUT2D eigenvalue weighted by atomic mass is 10.5. The zero-order chi connectivity index (χ0) is 11.0. The average Bonchev–Trinajstić information content (AvgIpc) is 2.03. The van der Waals surface area contributed by atoms with E-state index in [2.05, 4.69) is 32.5 Å². The fourth-order valence-electron chi connectivity index (χ4n) is 1.58. The molecule has 1 atom stereocenters. The van der Waals surface area contributed by atoms with Gasteiger partial charge in [-0.25, -0.2) is 0 Å².